The minimum Gasteiger partial charge on any atom is -0.356 e. The van der Waals surface area contributed by atoms with Gasteiger partial charge in [-0.3, -0.25) is 14.3 Å². The van der Waals surface area contributed by atoms with Gasteiger partial charge < -0.3 is 10.2 Å². The van der Waals surface area contributed by atoms with Crippen molar-refractivity contribution in [3.8, 4) is 0 Å². The van der Waals surface area contributed by atoms with Crippen molar-refractivity contribution in [1.82, 2.24) is 15.1 Å². The number of carbonyl (C=O) groups is 2. The molecule has 0 aromatic carbocycles. The van der Waals surface area contributed by atoms with Gasteiger partial charge in [-0.15, -0.1) is 0 Å². The van der Waals surface area contributed by atoms with Crippen LogP contribution in [0.15, 0.2) is 12.4 Å². The van der Waals surface area contributed by atoms with E-state index in [0.717, 1.165) is 18.7 Å². The summed E-state index contributed by atoms with van der Waals surface area (Å²) in [5.41, 5.74) is 0.784. The second kappa shape index (κ2) is 6.74. The number of hydrogen-bond acceptors (Lipinski definition) is 3. The van der Waals surface area contributed by atoms with Crippen LogP contribution in [0.1, 0.15) is 33.6 Å². The highest BCUT2D eigenvalue weighted by molar-refractivity contribution is 6.00. The number of nitrogens with zero attached hydrogens (tertiary/aromatic N) is 3. The zero-order valence-electron chi connectivity index (χ0n) is 13.0. The van der Waals surface area contributed by atoms with E-state index in [1.165, 1.54) is 0 Å². The van der Waals surface area contributed by atoms with Crippen LogP contribution in [0.3, 0.4) is 0 Å². The first kappa shape index (κ1) is 15.5. The summed E-state index contributed by atoms with van der Waals surface area (Å²) >= 11 is 0. The second-order valence-corrected chi connectivity index (χ2v) is 6.01. The Bertz CT molecular complexity index is 510. The van der Waals surface area contributed by atoms with Gasteiger partial charge >= 0.3 is 0 Å². The number of amides is 2. The van der Waals surface area contributed by atoms with Crippen LogP contribution in [0, 0.1) is 11.8 Å². The number of nitrogens with one attached hydrogen (secondary N) is 1. The van der Waals surface area contributed by atoms with Gasteiger partial charge in [0, 0.05) is 32.3 Å². The Labute approximate surface area is 125 Å². The molecule has 6 heteroatoms. The van der Waals surface area contributed by atoms with E-state index in [9.17, 15) is 9.59 Å². The molecule has 116 valence electrons. The van der Waals surface area contributed by atoms with Gasteiger partial charge in [-0.05, 0) is 12.3 Å². The average Bonchev–Trinajstić information content (AvgIpc) is 3.01. The lowest BCUT2D eigenvalue weighted by Gasteiger charge is -2.14. The Kier molecular flexibility index (Phi) is 4.98. The van der Waals surface area contributed by atoms with Gasteiger partial charge in [0.15, 0.2) is 0 Å². The summed E-state index contributed by atoms with van der Waals surface area (Å²) in [6, 6.07) is 0. The van der Waals surface area contributed by atoms with Crippen LogP contribution < -0.4 is 10.2 Å². The molecule has 0 spiro atoms. The van der Waals surface area contributed by atoms with Crippen molar-refractivity contribution >= 4 is 17.5 Å². The van der Waals surface area contributed by atoms with E-state index >= 15 is 0 Å². The lowest BCUT2D eigenvalue weighted by Crippen LogP contribution is -2.33. The molecule has 1 aliphatic heterocycles. The van der Waals surface area contributed by atoms with E-state index in [0.29, 0.717) is 19.0 Å². The van der Waals surface area contributed by atoms with Gasteiger partial charge in [-0.25, -0.2) is 0 Å². The fourth-order valence-corrected chi connectivity index (χ4v) is 2.49. The Balaban J connectivity index is 1.99. The summed E-state index contributed by atoms with van der Waals surface area (Å²) in [5.74, 6) is 0.218. The molecule has 2 amide bonds. The van der Waals surface area contributed by atoms with Crippen LogP contribution >= 0.6 is 0 Å². The number of anilines is 1. The smallest absolute Gasteiger partial charge is 0.227 e. The van der Waals surface area contributed by atoms with E-state index in [1.54, 1.807) is 11.1 Å². The monoisotopic (exact) mass is 292 g/mol. The van der Waals surface area contributed by atoms with Crippen molar-refractivity contribution < 1.29 is 9.59 Å². The van der Waals surface area contributed by atoms with Gasteiger partial charge in [0.05, 0.1) is 17.8 Å². The largest absolute Gasteiger partial charge is 0.356 e. The van der Waals surface area contributed by atoms with Gasteiger partial charge in [-0.1, -0.05) is 20.8 Å². The summed E-state index contributed by atoms with van der Waals surface area (Å²) < 4.78 is 1.85. The summed E-state index contributed by atoms with van der Waals surface area (Å²) in [7, 11) is 0. The molecule has 1 unspecified atom stereocenters. The molecule has 1 N–H and O–H groups in total. The number of hydrogen-bond donors (Lipinski definition) is 1. The van der Waals surface area contributed by atoms with Crippen molar-refractivity contribution in [3.63, 3.8) is 0 Å². The maximum atomic E-state index is 12.1. The van der Waals surface area contributed by atoms with Crippen LogP contribution in [0.25, 0.3) is 0 Å². The molecule has 1 aromatic heterocycles. The van der Waals surface area contributed by atoms with Gasteiger partial charge in [-0.2, -0.15) is 5.10 Å². The summed E-state index contributed by atoms with van der Waals surface area (Å²) in [6.07, 6.45) is 4.76. The maximum absolute atomic E-state index is 12.1. The number of rotatable bonds is 6. The van der Waals surface area contributed by atoms with E-state index in [1.807, 2.05) is 17.8 Å². The van der Waals surface area contributed by atoms with E-state index in [2.05, 4.69) is 24.3 Å². The molecule has 21 heavy (non-hydrogen) atoms. The molecule has 0 bridgehead atoms. The molecule has 0 saturated carbocycles. The average molecular weight is 292 g/mol. The quantitative estimate of drug-likeness (QED) is 0.862. The minimum atomic E-state index is -0.252. The van der Waals surface area contributed by atoms with E-state index < -0.39 is 0 Å². The number of aromatic nitrogens is 2. The first-order chi connectivity index (χ1) is 10.0. The molecule has 0 radical (unpaired) electrons. The zero-order chi connectivity index (χ0) is 15.4. The first-order valence-corrected chi connectivity index (χ1v) is 7.61. The summed E-state index contributed by atoms with van der Waals surface area (Å²) in [5, 5.41) is 7.14. The normalized spacial score (nSPS) is 18.6. The van der Waals surface area contributed by atoms with Crippen LogP contribution in [-0.4, -0.2) is 34.7 Å². The topological polar surface area (TPSA) is 67.2 Å². The molecular formula is C15H24N4O2. The number of carbonyl (C=O) groups excluding carboxylic acids is 2. The lowest BCUT2D eigenvalue weighted by molar-refractivity contribution is -0.126. The zero-order valence-corrected chi connectivity index (χ0v) is 13.0. The van der Waals surface area contributed by atoms with Gasteiger partial charge in [0.1, 0.15) is 0 Å². The van der Waals surface area contributed by atoms with Crippen LogP contribution in [0.4, 0.5) is 5.69 Å². The fraction of sp³-hybridized carbons (Fsp3) is 0.667. The van der Waals surface area contributed by atoms with Crippen molar-refractivity contribution in [2.45, 2.75) is 40.2 Å². The predicted molar refractivity (Wildman–Crippen MR) is 80.8 cm³/mol. The molecule has 1 atom stereocenters. The molecule has 0 aliphatic carbocycles. The van der Waals surface area contributed by atoms with Crippen molar-refractivity contribution in [1.29, 1.82) is 0 Å². The van der Waals surface area contributed by atoms with Crippen molar-refractivity contribution in [3.05, 3.63) is 12.4 Å². The Morgan fingerprint density at radius 2 is 2.29 bits per heavy atom. The standard InChI is InChI=1S/C15H24N4O2/c1-4-5-16-15(21)12-6-14(20)19(9-12)13-7-17-18(10-13)8-11(2)3/h7,10-12H,4-6,8-9H2,1-3H3,(H,16,21). The molecule has 2 rings (SSSR count). The molecule has 6 nitrogen and oxygen atoms in total. The Hall–Kier alpha value is -1.85. The van der Waals surface area contributed by atoms with E-state index in [-0.39, 0.29) is 24.2 Å². The minimum absolute atomic E-state index is 0.00394. The van der Waals surface area contributed by atoms with Crippen molar-refractivity contribution in [2.75, 3.05) is 18.0 Å². The fourth-order valence-electron chi connectivity index (χ4n) is 2.49. The van der Waals surface area contributed by atoms with Crippen molar-refractivity contribution in [2.24, 2.45) is 11.8 Å². The predicted octanol–water partition coefficient (Wildman–Crippen LogP) is 1.42. The highest BCUT2D eigenvalue weighted by Crippen LogP contribution is 2.25. The SMILES string of the molecule is CCCNC(=O)C1CC(=O)N(c2cnn(CC(C)C)c2)C1. The molecule has 1 fully saturated rings. The molecule has 1 saturated heterocycles. The third-order valence-electron chi connectivity index (χ3n) is 3.53. The highest BCUT2D eigenvalue weighted by atomic mass is 16.2. The van der Waals surface area contributed by atoms with Crippen LogP contribution in [0.2, 0.25) is 0 Å². The molecule has 2 heterocycles. The first-order valence-electron chi connectivity index (χ1n) is 7.61. The Morgan fingerprint density at radius 1 is 1.52 bits per heavy atom. The summed E-state index contributed by atoms with van der Waals surface area (Å²) in [4.78, 5) is 25.7. The second-order valence-electron chi connectivity index (χ2n) is 6.01. The maximum Gasteiger partial charge on any atom is 0.227 e. The third-order valence-corrected chi connectivity index (χ3v) is 3.53. The van der Waals surface area contributed by atoms with Gasteiger partial charge in [0.2, 0.25) is 11.8 Å². The molecule has 1 aliphatic rings. The van der Waals surface area contributed by atoms with Crippen LogP contribution in [0.5, 0.6) is 0 Å². The molecule has 1 aromatic rings. The highest BCUT2D eigenvalue weighted by Gasteiger charge is 2.35. The lowest BCUT2D eigenvalue weighted by atomic mass is 10.1. The summed E-state index contributed by atoms with van der Waals surface area (Å²) in [6.45, 7) is 8.18. The Morgan fingerprint density at radius 3 is 2.95 bits per heavy atom. The van der Waals surface area contributed by atoms with Gasteiger partial charge in [0.25, 0.3) is 0 Å². The molecular weight excluding hydrogens is 268 g/mol. The third kappa shape index (κ3) is 3.83. The van der Waals surface area contributed by atoms with E-state index in [4.69, 9.17) is 0 Å². The van der Waals surface area contributed by atoms with Crippen LogP contribution in [-0.2, 0) is 16.1 Å².